The number of carboxylic acids is 1. The molecule has 0 aromatic heterocycles. The van der Waals surface area contributed by atoms with Crippen LogP contribution in [0.4, 0.5) is 0 Å². The number of hydrogen-bond acceptors (Lipinski definition) is 5. The third-order valence-corrected chi connectivity index (χ3v) is 1.64. The fourth-order valence-electron chi connectivity index (χ4n) is 1.09. The molecule has 0 spiro atoms. The van der Waals surface area contributed by atoms with E-state index < -0.39 is 24.3 Å². The average Bonchev–Trinajstić information content (AvgIpc) is 2.06. The van der Waals surface area contributed by atoms with Crippen molar-refractivity contribution in [2.24, 2.45) is 0 Å². The predicted molar refractivity (Wildman–Crippen MR) is 43.5 cm³/mol. The monoisotopic (exact) mass is 204 g/mol. The standard InChI is InChI=1S/C8H12O6/c1-5(9)14-8-4-12-6(3-13-8)2-7(10)11/h6,8H,2-4H2,1H3,(H,10,11)/t6-,8-/m1/s1. The Bertz CT molecular complexity index is 194. The van der Waals surface area contributed by atoms with Gasteiger partial charge in [0.05, 0.1) is 19.1 Å². The van der Waals surface area contributed by atoms with Crippen LogP contribution in [0.2, 0.25) is 0 Å². The smallest absolute Gasteiger partial charge is 0.306 e. The van der Waals surface area contributed by atoms with Crippen LogP contribution in [0, 0.1) is 0 Å². The van der Waals surface area contributed by atoms with Crippen molar-refractivity contribution < 1.29 is 28.9 Å². The lowest BCUT2D eigenvalue weighted by atomic mass is 10.2. The summed E-state index contributed by atoms with van der Waals surface area (Å²) in [6.07, 6.45) is -1.27. The van der Waals surface area contributed by atoms with Crippen LogP contribution in [0.15, 0.2) is 0 Å². The van der Waals surface area contributed by atoms with Crippen LogP contribution in [0.5, 0.6) is 0 Å². The van der Waals surface area contributed by atoms with E-state index in [0.29, 0.717) is 0 Å². The number of aliphatic carboxylic acids is 1. The minimum absolute atomic E-state index is 0.0809. The van der Waals surface area contributed by atoms with Gasteiger partial charge in [-0.1, -0.05) is 0 Å². The number of esters is 1. The summed E-state index contributed by atoms with van der Waals surface area (Å²) in [7, 11) is 0. The first-order chi connectivity index (χ1) is 6.58. The Morgan fingerprint density at radius 2 is 2.14 bits per heavy atom. The molecule has 0 aromatic carbocycles. The van der Waals surface area contributed by atoms with E-state index in [1.165, 1.54) is 6.92 Å². The van der Waals surface area contributed by atoms with Crippen LogP contribution in [0.25, 0.3) is 0 Å². The predicted octanol–water partition coefficient (Wildman–Crippen LogP) is -0.234. The Morgan fingerprint density at radius 1 is 1.43 bits per heavy atom. The first-order valence-corrected chi connectivity index (χ1v) is 4.20. The highest BCUT2D eigenvalue weighted by atomic mass is 16.7. The topological polar surface area (TPSA) is 82.1 Å². The van der Waals surface area contributed by atoms with E-state index in [9.17, 15) is 9.59 Å². The molecule has 0 bridgehead atoms. The van der Waals surface area contributed by atoms with E-state index in [0.717, 1.165) is 0 Å². The zero-order valence-electron chi connectivity index (χ0n) is 7.76. The zero-order chi connectivity index (χ0) is 10.6. The third-order valence-electron chi connectivity index (χ3n) is 1.64. The fraction of sp³-hybridized carbons (Fsp3) is 0.750. The lowest BCUT2D eigenvalue weighted by molar-refractivity contribution is -0.231. The molecule has 14 heavy (non-hydrogen) atoms. The largest absolute Gasteiger partial charge is 0.481 e. The maximum absolute atomic E-state index is 10.5. The Hall–Kier alpha value is -1.14. The molecule has 1 aliphatic rings. The molecule has 0 aliphatic carbocycles. The van der Waals surface area contributed by atoms with E-state index >= 15 is 0 Å². The SMILES string of the molecule is CC(=O)O[C@@H]1CO[C@H](CC(=O)O)CO1. The highest BCUT2D eigenvalue weighted by Crippen LogP contribution is 2.11. The van der Waals surface area contributed by atoms with Crippen LogP contribution < -0.4 is 0 Å². The van der Waals surface area contributed by atoms with Crippen LogP contribution in [0.1, 0.15) is 13.3 Å². The number of carbonyl (C=O) groups is 2. The van der Waals surface area contributed by atoms with Gasteiger partial charge in [-0.15, -0.1) is 0 Å². The molecule has 1 N–H and O–H groups in total. The van der Waals surface area contributed by atoms with Gasteiger partial charge in [0.25, 0.3) is 0 Å². The molecule has 1 saturated heterocycles. The minimum Gasteiger partial charge on any atom is -0.481 e. The van der Waals surface area contributed by atoms with Crippen molar-refractivity contribution in [1.29, 1.82) is 0 Å². The van der Waals surface area contributed by atoms with Gasteiger partial charge in [-0.25, -0.2) is 0 Å². The Kier molecular flexibility index (Phi) is 3.84. The fourth-order valence-corrected chi connectivity index (χ4v) is 1.09. The lowest BCUT2D eigenvalue weighted by Crippen LogP contribution is -2.38. The van der Waals surface area contributed by atoms with Gasteiger partial charge >= 0.3 is 11.9 Å². The zero-order valence-corrected chi connectivity index (χ0v) is 7.76. The first kappa shape index (κ1) is 10.9. The molecule has 80 valence electrons. The van der Waals surface area contributed by atoms with E-state index in [-0.39, 0.29) is 19.6 Å². The van der Waals surface area contributed by atoms with Crippen LogP contribution >= 0.6 is 0 Å². The van der Waals surface area contributed by atoms with Crippen molar-refractivity contribution >= 4 is 11.9 Å². The summed E-state index contributed by atoms with van der Waals surface area (Å²) < 4.78 is 14.9. The van der Waals surface area contributed by atoms with Crippen LogP contribution in [-0.2, 0) is 23.8 Å². The highest BCUT2D eigenvalue weighted by Gasteiger charge is 2.25. The molecule has 6 nitrogen and oxygen atoms in total. The quantitative estimate of drug-likeness (QED) is 0.639. The summed E-state index contributed by atoms with van der Waals surface area (Å²) in [4.78, 5) is 20.8. The lowest BCUT2D eigenvalue weighted by Gasteiger charge is -2.27. The van der Waals surface area contributed by atoms with Gasteiger partial charge in [-0.2, -0.15) is 0 Å². The molecule has 0 radical (unpaired) electrons. The second kappa shape index (κ2) is 4.92. The summed E-state index contributed by atoms with van der Waals surface area (Å²) in [6, 6.07) is 0. The molecule has 1 aliphatic heterocycles. The number of ether oxygens (including phenoxy) is 3. The van der Waals surface area contributed by atoms with E-state index in [4.69, 9.17) is 19.3 Å². The molecule has 2 atom stereocenters. The van der Waals surface area contributed by atoms with E-state index in [1.807, 2.05) is 0 Å². The Labute approximate surface area is 80.7 Å². The number of hydrogen-bond donors (Lipinski definition) is 1. The van der Waals surface area contributed by atoms with E-state index in [1.54, 1.807) is 0 Å². The maximum Gasteiger partial charge on any atom is 0.306 e. The van der Waals surface area contributed by atoms with Gasteiger partial charge in [-0.3, -0.25) is 9.59 Å². The first-order valence-electron chi connectivity index (χ1n) is 4.20. The minimum atomic E-state index is -0.940. The van der Waals surface area contributed by atoms with Crippen molar-refractivity contribution in [1.82, 2.24) is 0 Å². The van der Waals surface area contributed by atoms with Crippen LogP contribution in [-0.4, -0.2) is 42.7 Å². The average molecular weight is 204 g/mol. The van der Waals surface area contributed by atoms with Crippen molar-refractivity contribution in [3.8, 4) is 0 Å². The number of carbonyl (C=O) groups excluding carboxylic acids is 1. The van der Waals surface area contributed by atoms with E-state index in [2.05, 4.69) is 0 Å². The third kappa shape index (κ3) is 3.71. The second-order valence-electron chi connectivity index (χ2n) is 2.93. The van der Waals surface area contributed by atoms with Crippen molar-refractivity contribution in [2.45, 2.75) is 25.7 Å². The molecule has 6 heteroatoms. The summed E-state index contributed by atoms with van der Waals surface area (Å²) in [5.74, 6) is -1.39. The summed E-state index contributed by atoms with van der Waals surface area (Å²) >= 11 is 0. The molecule has 1 fully saturated rings. The van der Waals surface area contributed by atoms with Gasteiger partial charge in [0.15, 0.2) is 0 Å². The van der Waals surface area contributed by atoms with Gasteiger partial charge in [-0.05, 0) is 0 Å². The van der Waals surface area contributed by atoms with Gasteiger partial charge in [0.2, 0.25) is 6.29 Å². The van der Waals surface area contributed by atoms with Crippen molar-refractivity contribution in [2.75, 3.05) is 13.2 Å². The molecule has 0 aromatic rings. The van der Waals surface area contributed by atoms with Crippen LogP contribution in [0.3, 0.4) is 0 Å². The normalized spacial score (nSPS) is 26.9. The molecule has 0 saturated carbocycles. The molecular formula is C8H12O6. The Balaban J connectivity index is 2.24. The number of rotatable bonds is 3. The van der Waals surface area contributed by atoms with Gasteiger partial charge in [0.1, 0.15) is 6.61 Å². The van der Waals surface area contributed by atoms with Gasteiger partial charge in [0, 0.05) is 6.92 Å². The number of carboxylic acid groups (broad SMARTS) is 1. The molecule has 1 rings (SSSR count). The maximum atomic E-state index is 10.5. The summed E-state index contributed by atoms with van der Waals surface area (Å²) in [5, 5.41) is 8.46. The van der Waals surface area contributed by atoms with Gasteiger partial charge < -0.3 is 19.3 Å². The molecule has 0 amide bonds. The molecule has 1 heterocycles. The molecular weight excluding hydrogens is 192 g/mol. The summed E-state index contributed by atoms with van der Waals surface area (Å²) in [6.45, 7) is 1.48. The van der Waals surface area contributed by atoms with Crippen molar-refractivity contribution in [3.05, 3.63) is 0 Å². The Morgan fingerprint density at radius 3 is 2.57 bits per heavy atom. The second-order valence-corrected chi connectivity index (χ2v) is 2.93. The summed E-state index contributed by atoms with van der Waals surface area (Å²) in [5.41, 5.74) is 0. The highest BCUT2D eigenvalue weighted by molar-refractivity contribution is 5.67. The van der Waals surface area contributed by atoms with Crippen molar-refractivity contribution in [3.63, 3.8) is 0 Å². The molecule has 0 unspecified atom stereocenters.